The summed E-state index contributed by atoms with van der Waals surface area (Å²) in [5.74, 6) is 0.0198. The van der Waals surface area contributed by atoms with Crippen molar-refractivity contribution in [1.82, 2.24) is 9.88 Å². The molecule has 3 aromatic rings. The molecular formula is C22H23N3O2S. The van der Waals surface area contributed by atoms with Crippen LogP contribution in [0, 0.1) is 19.8 Å². The molecule has 1 fully saturated rings. The fourth-order valence-electron chi connectivity index (χ4n) is 3.69. The zero-order chi connectivity index (χ0) is 19.7. The van der Waals surface area contributed by atoms with Gasteiger partial charge in [0.1, 0.15) is 0 Å². The number of thiazole rings is 1. The van der Waals surface area contributed by atoms with Crippen molar-refractivity contribution in [2.45, 2.75) is 26.7 Å². The molecule has 0 aliphatic carbocycles. The SMILES string of the molecule is Cc1nc2ccc(NC(=O)C3CCN(C(=O)c4ccccc4C)CC3)cc2s1. The van der Waals surface area contributed by atoms with Crippen molar-refractivity contribution in [1.29, 1.82) is 0 Å². The molecule has 1 N–H and O–H groups in total. The van der Waals surface area contributed by atoms with Crippen LogP contribution in [0.5, 0.6) is 0 Å². The highest BCUT2D eigenvalue weighted by Crippen LogP contribution is 2.26. The number of carbonyl (C=O) groups is 2. The maximum absolute atomic E-state index is 12.7. The third-order valence-electron chi connectivity index (χ3n) is 5.29. The molecule has 2 heterocycles. The zero-order valence-corrected chi connectivity index (χ0v) is 16.9. The third kappa shape index (κ3) is 3.78. The lowest BCUT2D eigenvalue weighted by molar-refractivity contribution is -0.121. The second-order valence-corrected chi connectivity index (χ2v) is 8.52. The summed E-state index contributed by atoms with van der Waals surface area (Å²) >= 11 is 1.62. The number of anilines is 1. The summed E-state index contributed by atoms with van der Waals surface area (Å²) in [5, 5.41) is 4.05. The van der Waals surface area contributed by atoms with Crippen LogP contribution in [-0.2, 0) is 4.79 Å². The van der Waals surface area contributed by atoms with Gasteiger partial charge in [0.15, 0.2) is 0 Å². The van der Waals surface area contributed by atoms with Crippen molar-refractivity contribution >= 4 is 39.1 Å². The molecule has 5 nitrogen and oxygen atoms in total. The van der Waals surface area contributed by atoms with Crippen LogP contribution in [0.1, 0.15) is 33.8 Å². The molecule has 0 spiro atoms. The number of aromatic nitrogens is 1. The van der Waals surface area contributed by atoms with E-state index in [4.69, 9.17) is 0 Å². The number of amides is 2. The maximum atomic E-state index is 12.7. The molecule has 1 aliphatic heterocycles. The number of fused-ring (bicyclic) bond motifs is 1. The number of hydrogen-bond acceptors (Lipinski definition) is 4. The number of nitrogens with one attached hydrogen (secondary N) is 1. The zero-order valence-electron chi connectivity index (χ0n) is 16.1. The highest BCUT2D eigenvalue weighted by molar-refractivity contribution is 7.18. The Balaban J connectivity index is 1.37. The summed E-state index contributed by atoms with van der Waals surface area (Å²) in [6.45, 7) is 5.15. The van der Waals surface area contributed by atoms with Crippen LogP contribution in [0.4, 0.5) is 5.69 Å². The number of carbonyl (C=O) groups excluding carboxylic acids is 2. The average Bonchev–Trinajstić information content (AvgIpc) is 3.07. The Morgan fingerprint density at radius 1 is 1.11 bits per heavy atom. The van der Waals surface area contributed by atoms with E-state index in [1.807, 2.05) is 61.2 Å². The molecule has 0 unspecified atom stereocenters. The standard InChI is InChI=1S/C22H23N3O2S/c1-14-5-3-4-6-18(14)22(27)25-11-9-16(10-12-25)21(26)24-17-7-8-19-20(13-17)28-15(2)23-19/h3-8,13,16H,9-12H2,1-2H3,(H,24,26). The predicted octanol–water partition coefficient (Wildman–Crippen LogP) is 4.40. The minimum absolute atomic E-state index is 0.0311. The largest absolute Gasteiger partial charge is 0.339 e. The van der Waals surface area contributed by atoms with Crippen LogP contribution in [0.15, 0.2) is 42.5 Å². The van der Waals surface area contributed by atoms with Gasteiger partial charge in [0.05, 0.1) is 15.2 Å². The number of piperidine rings is 1. The van der Waals surface area contributed by atoms with E-state index in [0.29, 0.717) is 25.9 Å². The Morgan fingerprint density at radius 2 is 1.86 bits per heavy atom. The topological polar surface area (TPSA) is 62.3 Å². The van der Waals surface area contributed by atoms with Crippen LogP contribution in [0.2, 0.25) is 0 Å². The second-order valence-electron chi connectivity index (χ2n) is 7.29. The van der Waals surface area contributed by atoms with Gasteiger partial charge in [-0.25, -0.2) is 4.98 Å². The van der Waals surface area contributed by atoms with Crippen molar-refractivity contribution in [3.63, 3.8) is 0 Å². The van der Waals surface area contributed by atoms with E-state index in [0.717, 1.165) is 32.0 Å². The maximum Gasteiger partial charge on any atom is 0.254 e. The van der Waals surface area contributed by atoms with Crippen LogP contribution >= 0.6 is 11.3 Å². The number of hydrogen-bond donors (Lipinski definition) is 1. The van der Waals surface area contributed by atoms with Gasteiger partial charge < -0.3 is 10.2 Å². The van der Waals surface area contributed by atoms with Crippen molar-refractivity contribution in [2.24, 2.45) is 5.92 Å². The van der Waals surface area contributed by atoms with Gasteiger partial charge in [-0.3, -0.25) is 9.59 Å². The molecule has 144 valence electrons. The molecule has 2 aromatic carbocycles. The van der Waals surface area contributed by atoms with Gasteiger partial charge >= 0.3 is 0 Å². The molecule has 1 aromatic heterocycles. The van der Waals surface area contributed by atoms with Crippen LogP contribution in [0.25, 0.3) is 10.2 Å². The van der Waals surface area contributed by atoms with Gasteiger partial charge in [-0.1, -0.05) is 18.2 Å². The molecule has 28 heavy (non-hydrogen) atoms. The Labute approximate surface area is 168 Å². The Kier molecular flexibility index (Phi) is 5.13. The minimum atomic E-state index is -0.0696. The van der Waals surface area contributed by atoms with Crippen LogP contribution in [0.3, 0.4) is 0 Å². The van der Waals surface area contributed by atoms with Crippen LogP contribution in [-0.4, -0.2) is 34.8 Å². The van der Waals surface area contributed by atoms with Gasteiger partial charge in [0.2, 0.25) is 5.91 Å². The summed E-state index contributed by atoms with van der Waals surface area (Å²) in [6.07, 6.45) is 1.37. The lowest BCUT2D eigenvalue weighted by Crippen LogP contribution is -2.41. The summed E-state index contributed by atoms with van der Waals surface area (Å²) < 4.78 is 1.08. The van der Waals surface area contributed by atoms with Gasteiger partial charge in [-0.05, 0) is 56.5 Å². The Hall–Kier alpha value is -2.73. The van der Waals surface area contributed by atoms with E-state index in [-0.39, 0.29) is 17.7 Å². The summed E-state index contributed by atoms with van der Waals surface area (Å²) in [7, 11) is 0. The smallest absolute Gasteiger partial charge is 0.254 e. The fraction of sp³-hybridized carbons (Fsp3) is 0.318. The molecule has 0 radical (unpaired) electrons. The van der Waals surface area contributed by atoms with Crippen molar-refractivity contribution in [3.8, 4) is 0 Å². The predicted molar refractivity (Wildman–Crippen MR) is 113 cm³/mol. The van der Waals surface area contributed by atoms with Gasteiger partial charge in [0, 0.05) is 30.3 Å². The molecule has 0 bridgehead atoms. The number of aryl methyl sites for hydroxylation is 2. The van der Waals surface area contributed by atoms with E-state index in [9.17, 15) is 9.59 Å². The quantitative estimate of drug-likeness (QED) is 0.717. The molecular weight excluding hydrogens is 370 g/mol. The van der Waals surface area contributed by atoms with E-state index in [1.54, 1.807) is 11.3 Å². The number of likely N-dealkylation sites (tertiary alicyclic amines) is 1. The first-order valence-electron chi connectivity index (χ1n) is 9.54. The minimum Gasteiger partial charge on any atom is -0.339 e. The number of nitrogens with zero attached hydrogens (tertiary/aromatic N) is 2. The molecule has 2 amide bonds. The summed E-state index contributed by atoms with van der Waals surface area (Å²) in [5.41, 5.74) is 3.50. The van der Waals surface area contributed by atoms with Crippen molar-refractivity contribution in [2.75, 3.05) is 18.4 Å². The first-order valence-corrected chi connectivity index (χ1v) is 10.4. The first-order chi connectivity index (χ1) is 13.5. The monoisotopic (exact) mass is 393 g/mol. The summed E-state index contributed by atoms with van der Waals surface area (Å²) in [4.78, 5) is 31.7. The highest BCUT2D eigenvalue weighted by Gasteiger charge is 2.28. The number of benzene rings is 2. The molecule has 1 saturated heterocycles. The second kappa shape index (κ2) is 7.72. The Morgan fingerprint density at radius 3 is 2.61 bits per heavy atom. The van der Waals surface area contributed by atoms with Crippen molar-refractivity contribution < 1.29 is 9.59 Å². The van der Waals surface area contributed by atoms with Gasteiger partial charge in [-0.2, -0.15) is 0 Å². The van der Waals surface area contributed by atoms with E-state index in [1.165, 1.54) is 0 Å². The van der Waals surface area contributed by atoms with Crippen molar-refractivity contribution in [3.05, 3.63) is 58.6 Å². The molecule has 4 rings (SSSR count). The fourth-order valence-corrected chi connectivity index (χ4v) is 4.56. The molecule has 0 atom stereocenters. The number of rotatable bonds is 3. The lowest BCUT2D eigenvalue weighted by Gasteiger charge is -2.31. The van der Waals surface area contributed by atoms with Crippen LogP contribution < -0.4 is 5.32 Å². The molecule has 6 heteroatoms. The molecule has 1 aliphatic rings. The third-order valence-corrected chi connectivity index (χ3v) is 6.22. The highest BCUT2D eigenvalue weighted by atomic mass is 32.1. The van der Waals surface area contributed by atoms with Gasteiger partial charge in [0.25, 0.3) is 5.91 Å². The van der Waals surface area contributed by atoms with E-state index >= 15 is 0 Å². The Bertz CT molecular complexity index is 1040. The molecule has 0 saturated carbocycles. The normalized spacial score (nSPS) is 15.0. The summed E-state index contributed by atoms with van der Waals surface area (Å²) in [6, 6.07) is 13.5. The van der Waals surface area contributed by atoms with Gasteiger partial charge in [-0.15, -0.1) is 11.3 Å². The van der Waals surface area contributed by atoms with E-state index in [2.05, 4.69) is 10.3 Å². The lowest BCUT2D eigenvalue weighted by atomic mass is 9.95. The first kappa shape index (κ1) is 18.6. The average molecular weight is 394 g/mol. The van der Waals surface area contributed by atoms with E-state index < -0.39 is 0 Å².